The van der Waals surface area contributed by atoms with Gasteiger partial charge in [0.2, 0.25) is 0 Å². The maximum Gasteiger partial charge on any atom is 0.417 e. The summed E-state index contributed by atoms with van der Waals surface area (Å²) in [5.74, 6) is -1.70. The number of hydrogen-bond acceptors (Lipinski definition) is 4. The Kier molecular flexibility index (Phi) is 5.71. The van der Waals surface area contributed by atoms with Crippen LogP contribution in [0.1, 0.15) is 27.0 Å². The van der Waals surface area contributed by atoms with E-state index in [-0.39, 0.29) is 18.2 Å². The van der Waals surface area contributed by atoms with E-state index in [1.165, 1.54) is 16.1 Å². The van der Waals surface area contributed by atoms with Gasteiger partial charge in [0.25, 0.3) is 15.9 Å². The third-order valence-electron chi connectivity index (χ3n) is 3.11. The lowest BCUT2D eigenvalue weighted by molar-refractivity contribution is -0.143. The highest BCUT2D eigenvalue weighted by Gasteiger charge is 2.39. The Morgan fingerprint density at radius 1 is 1.04 bits per heavy atom. The first-order valence-electron chi connectivity index (χ1n) is 6.85. The average molecular weight is 429 g/mol. The second kappa shape index (κ2) is 7.35. The number of hydrogen-bond donors (Lipinski definition) is 1. The van der Waals surface area contributed by atoms with Crippen molar-refractivity contribution in [3.05, 3.63) is 62.7 Å². The molecular weight excluding hydrogens is 420 g/mol. The van der Waals surface area contributed by atoms with E-state index < -0.39 is 45.0 Å². The fourth-order valence-electron chi connectivity index (χ4n) is 1.91. The van der Waals surface area contributed by atoms with Crippen LogP contribution in [0, 0.1) is 0 Å². The minimum Gasteiger partial charge on any atom is -0.268 e. The summed E-state index contributed by atoms with van der Waals surface area (Å²) >= 11 is 1.26. The van der Waals surface area contributed by atoms with Crippen LogP contribution in [0.25, 0.3) is 6.08 Å². The van der Waals surface area contributed by atoms with Crippen molar-refractivity contribution < 1.29 is 39.6 Å². The van der Waals surface area contributed by atoms with Crippen LogP contribution in [0.3, 0.4) is 0 Å². The van der Waals surface area contributed by atoms with Crippen molar-refractivity contribution in [2.45, 2.75) is 12.4 Å². The summed E-state index contributed by atoms with van der Waals surface area (Å²) in [6.45, 7) is 0. The van der Waals surface area contributed by atoms with E-state index in [1.54, 1.807) is 16.8 Å². The molecule has 0 saturated carbocycles. The number of carbonyl (C=O) groups excluding carboxylic acids is 1. The van der Waals surface area contributed by atoms with Crippen LogP contribution < -0.4 is 4.72 Å². The number of halogens is 6. The Morgan fingerprint density at radius 2 is 1.70 bits per heavy atom. The Labute approximate surface area is 153 Å². The van der Waals surface area contributed by atoms with Crippen LogP contribution in [0.2, 0.25) is 0 Å². The van der Waals surface area contributed by atoms with E-state index in [4.69, 9.17) is 0 Å². The molecule has 2 rings (SSSR count). The highest BCUT2D eigenvalue weighted by atomic mass is 32.2. The number of nitrogens with one attached hydrogen (secondary N) is 1. The van der Waals surface area contributed by atoms with Gasteiger partial charge in [0.1, 0.15) is 0 Å². The van der Waals surface area contributed by atoms with Gasteiger partial charge >= 0.3 is 12.4 Å². The van der Waals surface area contributed by atoms with Crippen LogP contribution in [0.4, 0.5) is 26.3 Å². The SMILES string of the molecule is O=C(NS(=O)(=O)/C=C/c1ccsc1)c1ccc(C(F)(F)F)cc1C(F)(F)F. The van der Waals surface area contributed by atoms with Crippen LogP contribution in [0.15, 0.2) is 40.4 Å². The molecule has 2 aromatic rings. The van der Waals surface area contributed by atoms with E-state index in [9.17, 15) is 39.6 Å². The predicted octanol–water partition coefficient (Wildman–Crippen LogP) is 4.52. The zero-order valence-corrected chi connectivity index (χ0v) is 14.6. The summed E-state index contributed by atoms with van der Waals surface area (Å²) in [6.07, 6.45) is -9.27. The summed E-state index contributed by atoms with van der Waals surface area (Å²) in [7, 11) is -4.47. The maximum absolute atomic E-state index is 13.0. The first-order valence-corrected chi connectivity index (χ1v) is 9.34. The molecule has 0 unspecified atom stereocenters. The molecule has 0 aliphatic heterocycles. The molecule has 0 radical (unpaired) electrons. The van der Waals surface area contributed by atoms with Crippen LogP contribution in [0.5, 0.6) is 0 Å². The molecule has 1 N–H and O–H groups in total. The van der Waals surface area contributed by atoms with Gasteiger partial charge < -0.3 is 0 Å². The molecule has 0 aliphatic carbocycles. The normalized spacial score (nSPS) is 13.1. The predicted molar refractivity (Wildman–Crippen MR) is 86.2 cm³/mol. The monoisotopic (exact) mass is 429 g/mol. The quantitative estimate of drug-likeness (QED) is 0.728. The van der Waals surface area contributed by atoms with Gasteiger partial charge in [-0.25, -0.2) is 13.1 Å². The van der Waals surface area contributed by atoms with E-state index in [2.05, 4.69) is 0 Å². The summed E-state index contributed by atoms with van der Waals surface area (Å²) in [5, 5.41) is 3.78. The van der Waals surface area contributed by atoms with Gasteiger partial charge in [-0.2, -0.15) is 37.7 Å². The van der Waals surface area contributed by atoms with Crippen molar-refractivity contribution in [3.63, 3.8) is 0 Å². The lowest BCUT2D eigenvalue weighted by atomic mass is 10.0. The topological polar surface area (TPSA) is 63.2 Å². The minimum absolute atomic E-state index is 0.247. The molecular formula is C15H9F6NO3S2. The third-order valence-corrected chi connectivity index (χ3v) is 4.78. The Balaban J connectivity index is 2.35. The number of amides is 1. The average Bonchev–Trinajstić information content (AvgIpc) is 3.04. The molecule has 0 saturated heterocycles. The number of alkyl halides is 6. The van der Waals surface area contributed by atoms with Crippen molar-refractivity contribution in [2.24, 2.45) is 0 Å². The van der Waals surface area contributed by atoms with Crippen LogP contribution in [-0.4, -0.2) is 14.3 Å². The molecule has 0 spiro atoms. The van der Waals surface area contributed by atoms with Gasteiger partial charge in [0, 0.05) is 0 Å². The van der Waals surface area contributed by atoms with Gasteiger partial charge in [0.05, 0.1) is 22.1 Å². The molecule has 12 heteroatoms. The van der Waals surface area contributed by atoms with Gasteiger partial charge in [-0.05, 0) is 46.7 Å². The van der Waals surface area contributed by atoms with Crippen molar-refractivity contribution in [1.29, 1.82) is 0 Å². The van der Waals surface area contributed by atoms with E-state index in [1.807, 2.05) is 0 Å². The molecule has 0 aliphatic rings. The number of thiophene rings is 1. The van der Waals surface area contributed by atoms with Gasteiger partial charge in [-0.3, -0.25) is 4.79 Å². The lowest BCUT2D eigenvalue weighted by Crippen LogP contribution is -2.31. The largest absolute Gasteiger partial charge is 0.417 e. The third kappa shape index (κ3) is 5.57. The highest BCUT2D eigenvalue weighted by molar-refractivity contribution is 7.93. The molecule has 0 fully saturated rings. The zero-order valence-electron chi connectivity index (χ0n) is 12.9. The van der Waals surface area contributed by atoms with E-state index in [0.717, 1.165) is 6.08 Å². The number of carbonyl (C=O) groups is 1. The standard InChI is InChI=1S/C15H9F6NO3S2/c16-14(17,18)10-1-2-11(12(7-10)15(19,20)21)13(23)22-27(24,25)6-4-9-3-5-26-8-9/h1-8H,(H,22,23)/b6-4+. The highest BCUT2D eigenvalue weighted by Crippen LogP contribution is 2.37. The molecule has 0 atom stereocenters. The smallest absolute Gasteiger partial charge is 0.268 e. The molecule has 1 heterocycles. The fourth-order valence-corrected chi connectivity index (χ4v) is 3.31. The second-order valence-electron chi connectivity index (χ2n) is 5.09. The van der Waals surface area contributed by atoms with Gasteiger partial charge in [-0.1, -0.05) is 0 Å². The van der Waals surface area contributed by atoms with Crippen LogP contribution >= 0.6 is 11.3 Å². The maximum atomic E-state index is 13.0. The van der Waals surface area contributed by atoms with Gasteiger partial charge in [0.15, 0.2) is 0 Å². The van der Waals surface area contributed by atoms with Crippen molar-refractivity contribution >= 4 is 33.3 Å². The van der Waals surface area contributed by atoms with Crippen LogP contribution in [-0.2, 0) is 22.4 Å². The first kappa shape index (κ1) is 21.0. The Hall–Kier alpha value is -2.34. The number of sulfonamides is 1. The number of benzene rings is 1. The summed E-state index contributed by atoms with van der Waals surface area (Å²) < 4.78 is 102. The molecule has 1 amide bonds. The zero-order chi connectivity index (χ0) is 20.5. The number of rotatable bonds is 4. The van der Waals surface area contributed by atoms with E-state index in [0.29, 0.717) is 11.0 Å². The summed E-state index contributed by atoms with van der Waals surface area (Å²) in [6, 6.07) is 1.84. The molecule has 1 aromatic heterocycles. The van der Waals surface area contributed by atoms with Gasteiger partial charge in [-0.15, -0.1) is 0 Å². The summed E-state index contributed by atoms with van der Waals surface area (Å²) in [4.78, 5) is 11.9. The molecule has 0 bridgehead atoms. The van der Waals surface area contributed by atoms with Crippen molar-refractivity contribution in [3.8, 4) is 0 Å². The Morgan fingerprint density at radius 3 is 2.22 bits per heavy atom. The second-order valence-corrected chi connectivity index (χ2v) is 7.44. The molecule has 4 nitrogen and oxygen atoms in total. The molecule has 146 valence electrons. The first-order chi connectivity index (χ1) is 12.3. The fraction of sp³-hybridized carbons (Fsp3) is 0.133. The minimum atomic E-state index is -5.30. The lowest BCUT2D eigenvalue weighted by Gasteiger charge is -2.15. The molecule has 1 aromatic carbocycles. The molecule has 27 heavy (non-hydrogen) atoms. The van der Waals surface area contributed by atoms with Crippen molar-refractivity contribution in [2.75, 3.05) is 0 Å². The van der Waals surface area contributed by atoms with E-state index >= 15 is 0 Å². The van der Waals surface area contributed by atoms with Crippen molar-refractivity contribution in [1.82, 2.24) is 4.72 Å². The summed E-state index contributed by atoms with van der Waals surface area (Å²) in [5.41, 5.74) is -4.29. The Bertz CT molecular complexity index is 960.